The molecule has 2 rings (SSSR count). The molecule has 2 heterocycles. The predicted molar refractivity (Wildman–Crippen MR) is 53.1 cm³/mol. The summed E-state index contributed by atoms with van der Waals surface area (Å²) in [7, 11) is 0. The Hall–Kier alpha value is -2.08. The van der Waals surface area contributed by atoms with Crippen molar-refractivity contribution in [2.75, 3.05) is 5.32 Å². The zero-order chi connectivity index (χ0) is 10.7. The van der Waals surface area contributed by atoms with Crippen LogP contribution >= 0.6 is 0 Å². The van der Waals surface area contributed by atoms with Gasteiger partial charge in [0.15, 0.2) is 5.76 Å². The van der Waals surface area contributed by atoms with Crippen molar-refractivity contribution < 1.29 is 9.21 Å². The van der Waals surface area contributed by atoms with E-state index in [-0.39, 0.29) is 18.2 Å². The number of aromatic nitrogens is 2. The molecule has 15 heavy (non-hydrogen) atoms. The molecule has 6 nitrogen and oxygen atoms in total. The summed E-state index contributed by atoms with van der Waals surface area (Å²) in [5.41, 5.74) is 5.36. The number of hydrogen-bond donors (Lipinski definition) is 3. The Morgan fingerprint density at radius 1 is 1.60 bits per heavy atom. The van der Waals surface area contributed by atoms with Crippen molar-refractivity contribution in [3.63, 3.8) is 0 Å². The van der Waals surface area contributed by atoms with Gasteiger partial charge >= 0.3 is 0 Å². The number of nitrogens with two attached hydrogens (primary N) is 1. The SMILES string of the molecule is NCc1ccc(C(=O)Nc2ncc[nH]2)o1. The van der Waals surface area contributed by atoms with Crippen molar-refractivity contribution >= 4 is 11.9 Å². The molecule has 78 valence electrons. The van der Waals surface area contributed by atoms with Gasteiger partial charge in [0.1, 0.15) is 5.76 Å². The predicted octanol–water partition coefficient (Wildman–Crippen LogP) is 0.714. The van der Waals surface area contributed by atoms with Gasteiger partial charge in [-0.25, -0.2) is 4.98 Å². The van der Waals surface area contributed by atoms with Crippen LogP contribution in [0.4, 0.5) is 5.95 Å². The Labute approximate surface area is 85.5 Å². The molecule has 0 aliphatic carbocycles. The lowest BCUT2D eigenvalue weighted by Crippen LogP contribution is -2.11. The topological polar surface area (TPSA) is 96.9 Å². The van der Waals surface area contributed by atoms with Crippen molar-refractivity contribution in [1.82, 2.24) is 9.97 Å². The molecule has 0 spiro atoms. The summed E-state index contributed by atoms with van der Waals surface area (Å²) in [6, 6.07) is 3.23. The maximum absolute atomic E-state index is 11.5. The number of nitrogens with zero attached hydrogens (tertiary/aromatic N) is 1. The highest BCUT2D eigenvalue weighted by Crippen LogP contribution is 2.08. The number of amides is 1. The number of carbonyl (C=O) groups excluding carboxylic acids is 1. The molecule has 0 bridgehead atoms. The molecule has 0 aliphatic rings. The summed E-state index contributed by atoms with van der Waals surface area (Å²) in [6.45, 7) is 0.272. The van der Waals surface area contributed by atoms with Crippen LogP contribution in [0.25, 0.3) is 0 Å². The van der Waals surface area contributed by atoms with Crippen molar-refractivity contribution in [3.05, 3.63) is 36.0 Å². The maximum Gasteiger partial charge on any atom is 0.293 e. The van der Waals surface area contributed by atoms with Gasteiger partial charge in [0.25, 0.3) is 5.91 Å². The fourth-order valence-electron chi connectivity index (χ4n) is 1.11. The number of H-pyrrole nitrogens is 1. The van der Waals surface area contributed by atoms with E-state index in [4.69, 9.17) is 10.2 Å². The number of rotatable bonds is 3. The third kappa shape index (κ3) is 2.05. The third-order valence-electron chi connectivity index (χ3n) is 1.82. The second-order valence-corrected chi connectivity index (χ2v) is 2.86. The maximum atomic E-state index is 11.5. The van der Waals surface area contributed by atoms with Gasteiger partial charge in [-0.15, -0.1) is 0 Å². The molecule has 0 fully saturated rings. The summed E-state index contributed by atoms with van der Waals surface area (Å²) in [6.07, 6.45) is 3.16. The van der Waals surface area contributed by atoms with Crippen LogP contribution in [0, 0.1) is 0 Å². The molecule has 0 atom stereocenters. The van der Waals surface area contributed by atoms with Crippen molar-refractivity contribution in [1.29, 1.82) is 0 Å². The Bertz CT molecular complexity index is 446. The van der Waals surface area contributed by atoms with Gasteiger partial charge < -0.3 is 15.1 Å². The molecule has 0 aromatic carbocycles. The highest BCUT2D eigenvalue weighted by atomic mass is 16.4. The molecule has 0 radical (unpaired) electrons. The van der Waals surface area contributed by atoms with E-state index in [2.05, 4.69) is 15.3 Å². The second-order valence-electron chi connectivity index (χ2n) is 2.86. The first-order valence-corrected chi connectivity index (χ1v) is 4.39. The summed E-state index contributed by atoms with van der Waals surface area (Å²) in [5, 5.41) is 2.54. The highest BCUT2D eigenvalue weighted by molar-refractivity contribution is 6.01. The van der Waals surface area contributed by atoms with Gasteiger partial charge in [-0.3, -0.25) is 10.1 Å². The van der Waals surface area contributed by atoms with Gasteiger partial charge in [0, 0.05) is 12.4 Å². The summed E-state index contributed by atoms with van der Waals surface area (Å²) in [5.74, 6) is 0.807. The van der Waals surface area contributed by atoms with E-state index < -0.39 is 0 Å². The molecule has 0 saturated heterocycles. The lowest BCUT2D eigenvalue weighted by Gasteiger charge is -1.97. The van der Waals surface area contributed by atoms with E-state index >= 15 is 0 Å². The monoisotopic (exact) mass is 206 g/mol. The fourth-order valence-corrected chi connectivity index (χ4v) is 1.11. The first kappa shape index (κ1) is 9.47. The molecule has 2 aromatic rings. The lowest BCUT2D eigenvalue weighted by molar-refractivity contribution is 0.0994. The molecule has 0 aliphatic heterocycles. The van der Waals surface area contributed by atoms with Crippen LogP contribution in [0.15, 0.2) is 28.9 Å². The van der Waals surface area contributed by atoms with Crippen LogP contribution in [0.5, 0.6) is 0 Å². The van der Waals surface area contributed by atoms with E-state index in [0.29, 0.717) is 11.7 Å². The molecule has 4 N–H and O–H groups in total. The van der Waals surface area contributed by atoms with Gasteiger partial charge in [0.05, 0.1) is 6.54 Å². The Balaban J connectivity index is 2.08. The average molecular weight is 206 g/mol. The van der Waals surface area contributed by atoms with Gasteiger partial charge in [-0.05, 0) is 12.1 Å². The number of aromatic amines is 1. The zero-order valence-electron chi connectivity index (χ0n) is 7.86. The molecule has 0 saturated carbocycles. The van der Waals surface area contributed by atoms with E-state index in [1.165, 1.54) is 0 Å². The summed E-state index contributed by atoms with van der Waals surface area (Å²) in [4.78, 5) is 18.1. The molecule has 6 heteroatoms. The van der Waals surface area contributed by atoms with E-state index in [9.17, 15) is 4.79 Å². The van der Waals surface area contributed by atoms with Gasteiger partial charge in [-0.1, -0.05) is 0 Å². The molecular formula is C9H10N4O2. The molecule has 2 aromatic heterocycles. The first-order chi connectivity index (χ1) is 7.29. The van der Waals surface area contributed by atoms with Crippen LogP contribution in [0.1, 0.15) is 16.3 Å². The van der Waals surface area contributed by atoms with Gasteiger partial charge in [0.2, 0.25) is 5.95 Å². The number of anilines is 1. The standard InChI is InChI=1S/C9H10N4O2/c10-5-6-1-2-7(15-6)8(14)13-9-11-3-4-12-9/h1-4H,5,10H2,(H2,11,12,13,14). The minimum Gasteiger partial charge on any atom is -0.455 e. The third-order valence-corrected chi connectivity index (χ3v) is 1.82. The van der Waals surface area contributed by atoms with Gasteiger partial charge in [-0.2, -0.15) is 0 Å². The Morgan fingerprint density at radius 3 is 3.07 bits per heavy atom. The first-order valence-electron chi connectivity index (χ1n) is 4.39. The lowest BCUT2D eigenvalue weighted by atomic mass is 10.4. The Morgan fingerprint density at radius 2 is 2.47 bits per heavy atom. The molecular weight excluding hydrogens is 196 g/mol. The van der Waals surface area contributed by atoms with Crippen molar-refractivity contribution in [2.45, 2.75) is 6.54 Å². The second kappa shape index (κ2) is 3.97. The fraction of sp³-hybridized carbons (Fsp3) is 0.111. The van der Waals surface area contributed by atoms with Crippen LogP contribution in [-0.2, 0) is 6.54 Å². The van der Waals surface area contributed by atoms with Crippen molar-refractivity contribution in [3.8, 4) is 0 Å². The minimum absolute atomic E-state index is 0.215. The summed E-state index contributed by atoms with van der Waals surface area (Å²) >= 11 is 0. The zero-order valence-corrected chi connectivity index (χ0v) is 7.86. The van der Waals surface area contributed by atoms with E-state index in [0.717, 1.165) is 0 Å². The van der Waals surface area contributed by atoms with E-state index in [1.807, 2.05) is 0 Å². The number of carbonyl (C=O) groups is 1. The van der Waals surface area contributed by atoms with Crippen LogP contribution in [-0.4, -0.2) is 15.9 Å². The number of furan rings is 1. The van der Waals surface area contributed by atoms with E-state index in [1.54, 1.807) is 24.5 Å². The largest absolute Gasteiger partial charge is 0.455 e. The number of hydrogen-bond acceptors (Lipinski definition) is 4. The Kier molecular flexibility index (Phi) is 2.51. The smallest absolute Gasteiger partial charge is 0.293 e. The highest BCUT2D eigenvalue weighted by Gasteiger charge is 2.11. The normalized spacial score (nSPS) is 10.2. The van der Waals surface area contributed by atoms with Crippen LogP contribution < -0.4 is 11.1 Å². The quantitative estimate of drug-likeness (QED) is 0.689. The number of imidazole rings is 1. The summed E-state index contributed by atoms with van der Waals surface area (Å²) < 4.78 is 5.16. The van der Waals surface area contributed by atoms with Crippen LogP contribution in [0.3, 0.4) is 0 Å². The molecule has 0 unspecified atom stereocenters. The average Bonchev–Trinajstić information content (AvgIpc) is 2.86. The minimum atomic E-state index is -0.357. The van der Waals surface area contributed by atoms with Crippen LogP contribution in [0.2, 0.25) is 0 Å². The van der Waals surface area contributed by atoms with Crippen molar-refractivity contribution in [2.24, 2.45) is 5.73 Å². The molecule has 1 amide bonds. The number of nitrogens with one attached hydrogen (secondary N) is 2.